The largest absolute Gasteiger partial charge is 0.493 e. The molecular formula is C17H28N2O. The molecule has 112 valence electrons. The van der Waals surface area contributed by atoms with Gasteiger partial charge in [0.25, 0.3) is 0 Å². The lowest BCUT2D eigenvalue weighted by molar-refractivity contribution is 0.317. The molecule has 0 aromatic heterocycles. The molecule has 3 nitrogen and oxygen atoms in total. The third-order valence-electron chi connectivity index (χ3n) is 4.18. The first-order valence-corrected chi connectivity index (χ1v) is 8.01. The minimum atomic E-state index is 0.751. The van der Waals surface area contributed by atoms with E-state index in [4.69, 9.17) is 10.5 Å². The van der Waals surface area contributed by atoms with E-state index < -0.39 is 0 Å². The van der Waals surface area contributed by atoms with Gasteiger partial charge in [-0.2, -0.15) is 0 Å². The molecule has 0 saturated carbocycles. The highest BCUT2D eigenvalue weighted by Gasteiger charge is 2.16. The van der Waals surface area contributed by atoms with Gasteiger partial charge < -0.3 is 15.4 Å². The minimum absolute atomic E-state index is 0.751. The van der Waals surface area contributed by atoms with E-state index in [-0.39, 0.29) is 0 Å². The molecular weight excluding hydrogens is 248 g/mol. The van der Waals surface area contributed by atoms with Crippen LogP contribution in [0, 0.1) is 5.92 Å². The van der Waals surface area contributed by atoms with E-state index in [1.165, 1.54) is 31.4 Å². The Hall–Kier alpha value is -1.38. The lowest BCUT2D eigenvalue weighted by Crippen LogP contribution is -2.24. The normalized spacial score (nSPS) is 19.7. The molecule has 1 unspecified atom stereocenters. The van der Waals surface area contributed by atoms with Gasteiger partial charge in [-0.15, -0.1) is 0 Å². The van der Waals surface area contributed by atoms with Gasteiger partial charge in [-0.3, -0.25) is 0 Å². The predicted octanol–water partition coefficient (Wildman–Crippen LogP) is 4.07. The van der Waals surface area contributed by atoms with E-state index in [0.29, 0.717) is 0 Å². The van der Waals surface area contributed by atoms with E-state index in [9.17, 15) is 0 Å². The predicted molar refractivity (Wildman–Crippen MR) is 86.5 cm³/mol. The summed E-state index contributed by atoms with van der Waals surface area (Å²) in [6.07, 6.45) is 6.24. The van der Waals surface area contributed by atoms with Crippen molar-refractivity contribution in [1.82, 2.24) is 0 Å². The Labute approximate surface area is 123 Å². The van der Waals surface area contributed by atoms with Gasteiger partial charge in [-0.05, 0) is 37.7 Å². The summed E-state index contributed by atoms with van der Waals surface area (Å²) in [7, 11) is 0. The molecule has 1 saturated heterocycles. The third-order valence-corrected chi connectivity index (χ3v) is 4.18. The maximum Gasteiger partial charge on any atom is 0.123 e. The van der Waals surface area contributed by atoms with Crippen molar-refractivity contribution < 1.29 is 4.74 Å². The first-order chi connectivity index (χ1) is 9.72. The van der Waals surface area contributed by atoms with Crippen molar-refractivity contribution in [3.8, 4) is 5.75 Å². The first kappa shape index (κ1) is 15.0. The van der Waals surface area contributed by atoms with Gasteiger partial charge >= 0.3 is 0 Å². The van der Waals surface area contributed by atoms with Crippen molar-refractivity contribution in [3.63, 3.8) is 0 Å². The van der Waals surface area contributed by atoms with Crippen molar-refractivity contribution in [2.75, 3.05) is 30.3 Å². The number of anilines is 2. The van der Waals surface area contributed by atoms with Crippen LogP contribution in [0.2, 0.25) is 0 Å². The van der Waals surface area contributed by atoms with Crippen LogP contribution in [-0.2, 0) is 0 Å². The second-order valence-corrected chi connectivity index (χ2v) is 5.80. The van der Waals surface area contributed by atoms with Crippen LogP contribution in [0.3, 0.4) is 0 Å². The molecule has 0 bridgehead atoms. The minimum Gasteiger partial charge on any atom is -0.493 e. The zero-order chi connectivity index (χ0) is 14.4. The molecule has 3 heteroatoms. The second kappa shape index (κ2) is 7.41. The molecule has 1 aromatic rings. The van der Waals surface area contributed by atoms with E-state index >= 15 is 0 Å². The number of benzene rings is 1. The number of hydrogen-bond donors (Lipinski definition) is 1. The Balaban J connectivity index is 2.08. The van der Waals surface area contributed by atoms with Crippen molar-refractivity contribution in [3.05, 3.63) is 18.2 Å². The van der Waals surface area contributed by atoms with Crippen LogP contribution >= 0.6 is 0 Å². The first-order valence-electron chi connectivity index (χ1n) is 8.01. The van der Waals surface area contributed by atoms with Gasteiger partial charge in [0.2, 0.25) is 0 Å². The summed E-state index contributed by atoms with van der Waals surface area (Å²) in [6, 6.07) is 6.13. The van der Waals surface area contributed by atoms with Crippen LogP contribution in [-0.4, -0.2) is 19.7 Å². The summed E-state index contributed by atoms with van der Waals surface area (Å²) in [5, 5.41) is 0. The molecule has 1 heterocycles. The zero-order valence-corrected chi connectivity index (χ0v) is 12.9. The Morgan fingerprint density at radius 2 is 2.05 bits per heavy atom. The summed E-state index contributed by atoms with van der Waals surface area (Å²) in [5.41, 5.74) is 8.04. The van der Waals surface area contributed by atoms with Gasteiger partial charge in [0.15, 0.2) is 0 Å². The molecule has 0 aliphatic carbocycles. The highest BCUT2D eigenvalue weighted by atomic mass is 16.5. The average molecular weight is 276 g/mol. The summed E-state index contributed by atoms with van der Waals surface area (Å²) < 4.78 is 5.73. The quantitative estimate of drug-likeness (QED) is 0.824. The van der Waals surface area contributed by atoms with Gasteiger partial charge in [0, 0.05) is 36.6 Å². The number of ether oxygens (including phenoxy) is 1. The fourth-order valence-corrected chi connectivity index (χ4v) is 2.92. The highest BCUT2D eigenvalue weighted by molar-refractivity contribution is 5.60. The van der Waals surface area contributed by atoms with Crippen LogP contribution in [0.25, 0.3) is 0 Å². The maximum atomic E-state index is 6.02. The van der Waals surface area contributed by atoms with Crippen LogP contribution in [0.4, 0.5) is 11.4 Å². The topological polar surface area (TPSA) is 38.5 Å². The number of hydrogen-bond acceptors (Lipinski definition) is 3. The summed E-state index contributed by atoms with van der Waals surface area (Å²) in [4.78, 5) is 2.46. The van der Waals surface area contributed by atoms with Crippen LogP contribution in [0.5, 0.6) is 5.75 Å². The average Bonchev–Trinajstić information content (AvgIpc) is 2.70. The molecule has 1 atom stereocenters. The van der Waals surface area contributed by atoms with Gasteiger partial charge in [0.1, 0.15) is 5.75 Å². The van der Waals surface area contributed by atoms with E-state index in [0.717, 1.165) is 43.5 Å². The highest BCUT2D eigenvalue weighted by Crippen LogP contribution is 2.29. The van der Waals surface area contributed by atoms with Crippen LogP contribution < -0.4 is 15.4 Å². The lowest BCUT2D eigenvalue weighted by Gasteiger charge is -2.24. The monoisotopic (exact) mass is 276 g/mol. The zero-order valence-electron chi connectivity index (χ0n) is 12.9. The van der Waals surface area contributed by atoms with Crippen molar-refractivity contribution in [2.45, 2.75) is 46.0 Å². The molecule has 0 spiro atoms. The van der Waals surface area contributed by atoms with Crippen molar-refractivity contribution >= 4 is 11.4 Å². The summed E-state index contributed by atoms with van der Waals surface area (Å²) >= 11 is 0. The SMILES string of the molecule is CCCOc1cc(N)cc(N2CCCC(CC)CC2)c1. The standard InChI is InChI=1S/C17H28N2O/c1-3-10-20-17-12-15(18)11-16(13-17)19-8-5-6-14(4-2)7-9-19/h11-14H,3-10,18H2,1-2H3. The maximum absolute atomic E-state index is 6.02. The Bertz CT molecular complexity index is 419. The van der Waals surface area contributed by atoms with Gasteiger partial charge in [0.05, 0.1) is 6.61 Å². The number of nitrogen functional groups attached to an aromatic ring is 1. The molecule has 2 rings (SSSR count). The third kappa shape index (κ3) is 4.06. The second-order valence-electron chi connectivity index (χ2n) is 5.80. The number of rotatable bonds is 5. The van der Waals surface area contributed by atoms with E-state index in [1.807, 2.05) is 6.07 Å². The molecule has 1 aromatic carbocycles. The van der Waals surface area contributed by atoms with E-state index in [1.54, 1.807) is 0 Å². The number of nitrogens with two attached hydrogens (primary N) is 1. The molecule has 2 N–H and O–H groups in total. The smallest absolute Gasteiger partial charge is 0.123 e. The molecule has 1 fully saturated rings. The van der Waals surface area contributed by atoms with Crippen molar-refractivity contribution in [2.24, 2.45) is 5.92 Å². The molecule has 1 aliphatic rings. The molecule has 0 amide bonds. The fraction of sp³-hybridized carbons (Fsp3) is 0.647. The summed E-state index contributed by atoms with van der Waals surface area (Å²) in [6.45, 7) is 7.44. The molecule has 0 radical (unpaired) electrons. The Morgan fingerprint density at radius 3 is 2.80 bits per heavy atom. The van der Waals surface area contributed by atoms with Crippen LogP contribution in [0.15, 0.2) is 18.2 Å². The van der Waals surface area contributed by atoms with Crippen molar-refractivity contribution in [1.29, 1.82) is 0 Å². The van der Waals surface area contributed by atoms with Gasteiger partial charge in [-0.1, -0.05) is 20.3 Å². The fourth-order valence-electron chi connectivity index (χ4n) is 2.92. The summed E-state index contributed by atoms with van der Waals surface area (Å²) in [5.74, 6) is 1.79. The van der Waals surface area contributed by atoms with E-state index in [2.05, 4.69) is 30.9 Å². The molecule has 1 aliphatic heterocycles. The Kier molecular flexibility index (Phi) is 5.57. The Morgan fingerprint density at radius 1 is 1.20 bits per heavy atom. The lowest BCUT2D eigenvalue weighted by atomic mass is 9.98. The van der Waals surface area contributed by atoms with Crippen LogP contribution in [0.1, 0.15) is 46.0 Å². The van der Waals surface area contributed by atoms with Gasteiger partial charge in [-0.25, -0.2) is 0 Å². The molecule has 20 heavy (non-hydrogen) atoms. The number of nitrogens with zero attached hydrogens (tertiary/aromatic N) is 1.